The summed E-state index contributed by atoms with van der Waals surface area (Å²) in [5, 5.41) is 6.04. The number of hydrogen-bond acceptors (Lipinski definition) is 5. The second kappa shape index (κ2) is 5.30. The van der Waals surface area contributed by atoms with Crippen molar-refractivity contribution in [1.29, 1.82) is 0 Å². The van der Waals surface area contributed by atoms with Crippen LogP contribution in [0.15, 0.2) is 48.0 Å². The topological polar surface area (TPSA) is 63.8 Å². The summed E-state index contributed by atoms with van der Waals surface area (Å²) in [4.78, 5) is 8.79. The molecule has 0 amide bonds. The van der Waals surface area contributed by atoms with E-state index in [0.717, 1.165) is 33.5 Å². The molecule has 0 radical (unpaired) electrons. The van der Waals surface area contributed by atoms with Crippen LogP contribution in [-0.2, 0) is 0 Å². The summed E-state index contributed by atoms with van der Waals surface area (Å²) in [6, 6.07) is 11.7. The lowest BCUT2D eigenvalue weighted by Gasteiger charge is -2.02. The molecule has 3 N–H and O–H groups in total. The van der Waals surface area contributed by atoms with Crippen LogP contribution in [0.2, 0.25) is 0 Å². The Balaban J connectivity index is 1.84. The second-order valence-electron chi connectivity index (χ2n) is 4.45. The molecule has 5 heteroatoms. The third-order valence-electron chi connectivity index (χ3n) is 2.97. The Morgan fingerprint density at radius 3 is 2.85 bits per heavy atom. The zero-order chi connectivity index (χ0) is 13.9. The molecule has 0 saturated heterocycles. The normalized spacial score (nSPS) is 10.4. The zero-order valence-corrected chi connectivity index (χ0v) is 11.8. The number of nitrogens with two attached hydrogens (primary N) is 1. The summed E-state index contributed by atoms with van der Waals surface area (Å²) >= 11 is 1.56. The van der Waals surface area contributed by atoms with E-state index in [4.69, 9.17) is 5.73 Å². The van der Waals surface area contributed by atoms with Crippen LogP contribution in [0.25, 0.3) is 11.3 Å². The second-order valence-corrected chi connectivity index (χ2v) is 5.31. The van der Waals surface area contributed by atoms with Gasteiger partial charge in [0.25, 0.3) is 0 Å². The van der Waals surface area contributed by atoms with Gasteiger partial charge in [-0.3, -0.25) is 0 Å². The van der Waals surface area contributed by atoms with Gasteiger partial charge >= 0.3 is 0 Å². The van der Waals surface area contributed by atoms with Crippen molar-refractivity contribution in [2.24, 2.45) is 0 Å². The highest BCUT2D eigenvalue weighted by molar-refractivity contribution is 7.14. The Labute approximate surface area is 121 Å². The van der Waals surface area contributed by atoms with Crippen molar-refractivity contribution >= 4 is 28.0 Å². The molecule has 1 aromatic carbocycles. The number of aromatic nitrogens is 2. The fraction of sp³-hybridized carbons (Fsp3) is 0.0667. The highest BCUT2D eigenvalue weighted by atomic mass is 32.1. The third kappa shape index (κ3) is 2.62. The highest BCUT2D eigenvalue weighted by Gasteiger charge is 2.06. The molecule has 0 spiro atoms. The van der Waals surface area contributed by atoms with Gasteiger partial charge in [0.2, 0.25) is 0 Å². The van der Waals surface area contributed by atoms with Gasteiger partial charge in [-0.2, -0.15) is 0 Å². The molecular weight excluding hydrogens is 268 g/mol. The first kappa shape index (κ1) is 12.6. The van der Waals surface area contributed by atoms with Crippen LogP contribution in [0, 0.1) is 6.92 Å². The SMILES string of the molecule is Cc1cc(-c2csc(Nc3ccccn3)n2)ccc1N. The minimum atomic E-state index is 0.793. The molecule has 4 nitrogen and oxygen atoms in total. The minimum Gasteiger partial charge on any atom is -0.399 e. The maximum atomic E-state index is 5.84. The van der Waals surface area contributed by atoms with Crippen LogP contribution in [-0.4, -0.2) is 9.97 Å². The van der Waals surface area contributed by atoms with Crippen molar-refractivity contribution in [2.45, 2.75) is 6.92 Å². The predicted molar refractivity (Wildman–Crippen MR) is 84.2 cm³/mol. The summed E-state index contributed by atoms with van der Waals surface area (Å²) < 4.78 is 0. The Morgan fingerprint density at radius 2 is 2.10 bits per heavy atom. The largest absolute Gasteiger partial charge is 0.399 e. The van der Waals surface area contributed by atoms with Crippen molar-refractivity contribution in [2.75, 3.05) is 11.1 Å². The van der Waals surface area contributed by atoms with E-state index >= 15 is 0 Å². The van der Waals surface area contributed by atoms with Crippen molar-refractivity contribution < 1.29 is 0 Å². The molecule has 0 unspecified atom stereocenters. The molecule has 2 heterocycles. The summed E-state index contributed by atoms with van der Waals surface area (Å²) in [5.74, 6) is 0.793. The summed E-state index contributed by atoms with van der Waals surface area (Å²) in [5.41, 5.74) is 9.71. The number of hydrogen-bond donors (Lipinski definition) is 2. The Morgan fingerprint density at radius 1 is 1.20 bits per heavy atom. The van der Waals surface area contributed by atoms with Crippen LogP contribution in [0.5, 0.6) is 0 Å². The van der Waals surface area contributed by atoms with Gasteiger partial charge in [0.1, 0.15) is 5.82 Å². The van der Waals surface area contributed by atoms with Gasteiger partial charge in [-0.1, -0.05) is 12.1 Å². The first-order valence-electron chi connectivity index (χ1n) is 6.22. The number of aryl methyl sites for hydroxylation is 1. The molecular formula is C15H14N4S. The Hall–Kier alpha value is -2.40. The van der Waals surface area contributed by atoms with Crippen LogP contribution in [0.1, 0.15) is 5.56 Å². The quantitative estimate of drug-likeness (QED) is 0.716. The smallest absolute Gasteiger partial charge is 0.188 e. The van der Waals surface area contributed by atoms with Crippen molar-refractivity contribution in [1.82, 2.24) is 9.97 Å². The molecule has 0 aliphatic rings. The van der Waals surface area contributed by atoms with Crippen molar-refractivity contribution in [3.05, 3.63) is 53.5 Å². The van der Waals surface area contributed by atoms with E-state index in [0.29, 0.717) is 0 Å². The maximum absolute atomic E-state index is 5.84. The fourth-order valence-electron chi connectivity index (χ4n) is 1.85. The average molecular weight is 282 g/mol. The van der Waals surface area contributed by atoms with Gasteiger partial charge in [-0.15, -0.1) is 11.3 Å². The van der Waals surface area contributed by atoms with Gasteiger partial charge in [0.05, 0.1) is 5.69 Å². The van der Waals surface area contributed by atoms with Gasteiger partial charge in [0.15, 0.2) is 5.13 Å². The number of nitrogens with one attached hydrogen (secondary N) is 1. The number of thiazole rings is 1. The lowest BCUT2D eigenvalue weighted by molar-refractivity contribution is 1.29. The molecule has 2 aromatic heterocycles. The highest BCUT2D eigenvalue weighted by Crippen LogP contribution is 2.28. The van der Waals surface area contributed by atoms with Gasteiger partial charge in [-0.05, 0) is 36.8 Å². The van der Waals surface area contributed by atoms with E-state index in [-0.39, 0.29) is 0 Å². The molecule has 20 heavy (non-hydrogen) atoms. The van der Waals surface area contributed by atoms with E-state index in [1.807, 2.05) is 42.6 Å². The minimum absolute atomic E-state index is 0.793. The van der Waals surface area contributed by atoms with E-state index in [2.05, 4.69) is 21.4 Å². The van der Waals surface area contributed by atoms with Crippen LogP contribution < -0.4 is 11.1 Å². The molecule has 0 bridgehead atoms. The van der Waals surface area contributed by atoms with Gasteiger partial charge in [0, 0.05) is 22.8 Å². The lowest BCUT2D eigenvalue weighted by atomic mass is 10.1. The standard InChI is InChI=1S/C15H14N4S/c1-10-8-11(5-6-12(10)16)13-9-20-15(18-13)19-14-4-2-3-7-17-14/h2-9H,16H2,1H3,(H,17,18,19). The van der Waals surface area contributed by atoms with E-state index < -0.39 is 0 Å². The van der Waals surface area contributed by atoms with Crippen LogP contribution >= 0.6 is 11.3 Å². The van der Waals surface area contributed by atoms with E-state index in [9.17, 15) is 0 Å². The lowest BCUT2D eigenvalue weighted by Crippen LogP contribution is -1.92. The number of benzene rings is 1. The predicted octanol–water partition coefficient (Wildman–Crippen LogP) is 3.84. The molecule has 0 atom stereocenters. The zero-order valence-electron chi connectivity index (χ0n) is 11.0. The third-order valence-corrected chi connectivity index (χ3v) is 3.73. The van der Waals surface area contributed by atoms with Crippen molar-refractivity contribution in [3.8, 4) is 11.3 Å². The Bertz CT molecular complexity index is 722. The van der Waals surface area contributed by atoms with E-state index in [1.54, 1.807) is 17.5 Å². The van der Waals surface area contributed by atoms with Gasteiger partial charge < -0.3 is 11.1 Å². The summed E-state index contributed by atoms with van der Waals surface area (Å²) in [6.07, 6.45) is 1.75. The molecule has 0 aliphatic carbocycles. The molecule has 0 saturated carbocycles. The number of nitrogen functional groups attached to an aromatic ring is 1. The number of pyridine rings is 1. The first-order valence-corrected chi connectivity index (χ1v) is 7.10. The monoisotopic (exact) mass is 282 g/mol. The van der Waals surface area contributed by atoms with Crippen molar-refractivity contribution in [3.63, 3.8) is 0 Å². The molecule has 3 aromatic rings. The average Bonchev–Trinajstić information content (AvgIpc) is 2.91. The molecule has 0 fully saturated rings. The molecule has 100 valence electrons. The molecule has 3 rings (SSSR count). The maximum Gasteiger partial charge on any atom is 0.188 e. The van der Waals surface area contributed by atoms with Gasteiger partial charge in [-0.25, -0.2) is 9.97 Å². The van der Waals surface area contributed by atoms with Crippen LogP contribution in [0.3, 0.4) is 0 Å². The van der Waals surface area contributed by atoms with Crippen LogP contribution in [0.4, 0.5) is 16.6 Å². The first-order chi connectivity index (χ1) is 9.72. The molecule has 0 aliphatic heterocycles. The fourth-order valence-corrected chi connectivity index (χ4v) is 2.57. The number of rotatable bonds is 3. The summed E-state index contributed by atoms with van der Waals surface area (Å²) in [6.45, 7) is 2.00. The Kier molecular flexibility index (Phi) is 3.35. The number of nitrogens with zero attached hydrogens (tertiary/aromatic N) is 2. The number of anilines is 3. The van der Waals surface area contributed by atoms with E-state index in [1.165, 1.54) is 0 Å². The summed E-state index contributed by atoms with van der Waals surface area (Å²) in [7, 11) is 0.